The first-order chi connectivity index (χ1) is 14.3. The SMILES string of the molecule is CC(=O)NC(CC(=O)N1CCC(CN2CC(C)OC(C)C2)CC1)c1ccc(C)cc1. The highest BCUT2D eigenvalue weighted by Gasteiger charge is 2.29. The van der Waals surface area contributed by atoms with Crippen molar-refractivity contribution in [2.24, 2.45) is 5.92 Å². The van der Waals surface area contributed by atoms with Gasteiger partial charge in [-0.3, -0.25) is 14.5 Å². The average molecular weight is 416 g/mol. The van der Waals surface area contributed by atoms with Crippen molar-refractivity contribution < 1.29 is 14.3 Å². The summed E-state index contributed by atoms with van der Waals surface area (Å²) in [5.74, 6) is 0.650. The van der Waals surface area contributed by atoms with Crippen molar-refractivity contribution in [2.45, 2.75) is 65.2 Å². The number of piperidine rings is 1. The first-order valence-corrected chi connectivity index (χ1v) is 11.3. The molecule has 3 rings (SSSR count). The summed E-state index contributed by atoms with van der Waals surface area (Å²) in [6, 6.07) is 7.77. The second kappa shape index (κ2) is 10.4. The van der Waals surface area contributed by atoms with Crippen LogP contribution in [0.4, 0.5) is 0 Å². The lowest BCUT2D eigenvalue weighted by Gasteiger charge is -2.39. The number of hydrogen-bond donors (Lipinski definition) is 1. The van der Waals surface area contributed by atoms with Crippen LogP contribution < -0.4 is 5.32 Å². The van der Waals surface area contributed by atoms with Gasteiger partial charge < -0.3 is 15.0 Å². The van der Waals surface area contributed by atoms with E-state index < -0.39 is 0 Å². The maximum absolute atomic E-state index is 13.0. The molecule has 0 saturated carbocycles. The molecule has 166 valence electrons. The summed E-state index contributed by atoms with van der Waals surface area (Å²) in [5.41, 5.74) is 2.15. The Morgan fingerprint density at radius 1 is 1.10 bits per heavy atom. The lowest BCUT2D eigenvalue weighted by molar-refractivity contribution is -0.133. The lowest BCUT2D eigenvalue weighted by atomic mass is 9.94. The zero-order chi connectivity index (χ0) is 21.7. The Balaban J connectivity index is 1.51. The van der Waals surface area contributed by atoms with Gasteiger partial charge in [-0.05, 0) is 45.1 Å². The molecule has 1 aromatic carbocycles. The fourth-order valence-corrected chi connectivity index (χ4v) is 4.76. The Morgan fingerprint density at radius 3 is 2.27 bits per heavy atom. The number of aryl methyl sites for hydroxylation is 1. The molecule has 2 fully saturated rings. The van der Waals surface area contributed by atoms with Crippen LogP contribution in [0.3, 0.4) is 0 Å². The maximum atomic E-state index is 13.0. The molecule has 2 amide bonds. The van der Waals surface area contributed by atoms with E-state index in [4.69, 9.17) is 4.74 Å². The number of ether oxygens (including phenoxy) is 1. The van der Waals surface area contributed by atoms with Crippen LogP contribution in [0.1, 0.15) is 57.2 Å². The standard InChI is InChI=1S/C24H37N3O3/c1-17-5-7-22(8-6-17)23(25-20(4)28)13-24(29)27-11-9-21(10-12-27)16-26-14-18(2)30-19(3)15-26/h5-8,18-19,21,23H,9-16H2,1-4H3,(H,25,28). The number of rotatable bonds is 6. The molecular formula is C24H37N3O3. The Hall–Kier alpha value is -1.92. The molecule has 0 aromatic heterocycles. The van der Waals surface area contributed by atoms with Crippen molar-refractivity contribution >= 4 is 11.8 Å². The lowest BCUT2D eigenvalue weighted by Crippen LogP contribution is -2.49. The summed E-state index contributed by atoms with van der Waals surface area (Å²) in [7, 11) is 0. The van der Waals surface area contributed by atoms with Crippen LogP contribution in [-0.2, 0) is 14.3 Å². The number of carbonyl (C=O) groups excluding carboxylic acids is 2. The fourth-order valence-electron chi connectivity index (χ4n) is 4.76. The van der Waals surface area contributed by atoms with Crippen LogP contribution in [-0.4, -0.2) is 66.5 Å². The third-order valence-electron chi connectivity index (χ3n) is 6.21. The average Bonchev–Trinajstić information content (AvgIpc) is 2.67. The van der Waals surface area contributed by atoms with Crippen molar-refractivity contribution in [3.05, 3.63) is 35.4 Å². The van der Waals surface area contributed by atoms with Crippen molar-refractivity contribution in [1.82, 2.24) is 15.1 Å². The highest BCUT2D eigenvalue weighted by Crippen LogP contribution is 2.24. The van der Waals surface area contributed by atoms with Crippen molar-refractivity contribution in [3.63, 3.8) is 0 Å². The molecule has 6 heteroatoms. The highest BCUT2D eigenvalue weighted by atomic mass is 16.5. The van der Waals surface area contributed by atoms with Gasteiger partial charge in [-0.15, -0.1) is 0 Å². The molecule has 30 heavy (non-hydrogen) atoms. The fraction of sp³-hybridized carbons (Fsp3) is 0.667. The minimum Gasteiger partial charge on any atom is -0.373 e. The number of nitrogens with zero attached hydrogens (tertiary/aromatic N) is 2. The molecule has 6 nitrogen and oxygen atoms in total. The monoisotopic (exact) mass is 415 g/mol. The molecule has 0 bridgehead atoms. The van der Waals surface area contributed by atoms with Crippen LogP contribution in [0.2, 0.25) is 0 Å². The molecule has 3 atom stereocenters. The van der Waals surface area contributed by atoms with Crippen LogP contribution in [0.15, 0.2) is 24.3 Å². The Bertz CT molecular complexity index is 703. The minimum atomic E-state index is -0.273. The maximum Gasteiger partial charge on any atom is 0.224 e. The van der Waals surface area contributed by atoms with Gasteiger partial charge in [0.05, 0.1) is 24.7 Å². The van der Waals surface area contributed by atoms with Gasteiger partial charge in [-0.25, -0.2) is 0 Å². The van der Waals surface area contributed by atoms with Crippen molar-refractivity contribution in [1.29, 1.82) is 0 Å². The first-order valence-electron chi connectivity index (χ1n) is 11.3. The Kier molecular flexibility index (Phi) is 7.89. The van der Waals surface area contributed by atoms with Gasteiger partial charge in [-0.1, -0.05) is 29.8 Å². The molecular weight excluding hydrogens is 378 g/mol. The van der Waals surface area contributed by atoms with Gasteiger partial charge in [-0.2, -0.15) is 0 Å². The quantitative estimate of drug-likeness (QED) is 0.776. The third kappa shape index (κ3) is 6.54. The molecule has 0 aliphatic carbocycles. The summed E-state index contributed by atoms with van der Waals surface area (Å²) >= 11 is 0. The summed E-state index contributed by atoms with van der Waals surface area (Å²) in [6.07, 6.45) is 2.99. The Labute approximate surface area is 180 Å². The van der Waals surface area contributed by atoms with Crippen molar-refractivity contribution in [3.8, 4) is 0 Å². The molecule has 2 saturated heterocycles. The van der Waals surface area contributed by atoms with Crippen molar-refractivity contribution in [2.75, 3.05) is 32.7 Å². The number of amides is 2. The molecule has 1 aromatic rings. The molecule has 2 heterocycles. The van der Waals surface area contributed by atoms with Gasteiger partial charge in [0.2, 0.25) is 11.8 Å². The minimum absolute atomic E-state index is 0.110. The summed E-state index contributed by atoms with van der Waals surface area (Å²) < 4.78 is 5.84. The number of carbonyl (C=O) groups is 2. The van der Waals surface area contributed by atoms with Gasteiger partial charge >= 0.3 is 0 Å². The summed E-state index contributed by atoms with van der Waals surface area (Å²) in [5, 5.41) is 2.95. The van der Waals surface area contributed by atoms with E-state index in [-0.39, 0.29) is 17.9 Å². The van der Waals surface area contributed by atoms with Gasteiger partial charge in [0.1, 0.15) is 0 Å². The number of hydrogen-bond acceptors (Lipinski definition) is 4. The van der Waals surface area contributed by atoms with E-state index in [1.807, 2.05) is 36.1 Å². The van der Waals surface area contributed by atoms with Gasteiger partial charge in [0, 0.05) is 39.6 Å². The van der Waals surface area contributed by atoms with Gasteiger partial charge in [0.15, 0.2) is 0 Å². The van der Waals surface area contributed by atoms with E-state index in [1.54, 1.807) is 0 Å². The van der Waals surface area contributed by atoms with E-state index in [9.17, 15) is 9.59 Å². The van der Waals surface area contributed by atoms with E-state index in [1.165, 1.54) is 6.92 Å². The molecule has 0 radical (unpaired) electrons. The Morgan fingerprint density at radius 2 is 1.70 bits per heavy atom. The topological polar surface area (TPSA) is 61.9 Å². The molecule has 3 unspecified atom stereocenters. The molecule has 2 aliphatic heterocycles. The second-order valence-corrected chi connectivity index (χ2v) is 9.17. The van der Waals surface area contributed by atoms with E-state index in [0.29, 0.717) is 24.5 Å². The van der Waals surface area contributed by atoms with Crippen LogP contribution in [0.25, 0.3) is 0 Å². The van der Waals surface area contributed by atoms with E-state index in [2.05, 4.69) is 24.1 Å². The second-order valence-electron chi connectivity index (χ2n) is 9.17. The number of benzene rings is 1. The first kappa shape index (κ1) is 22.8. The normalized spacial score (nSPS) is 24.5. The highest BCUT2D eigenvalue weighted by molar-refractivity contribution is 5.79. The largest absolute Gasteiger partial charge is 0.373 e. The molecule has 0 spiro atoms. The zero-order valence-electron chi connectivity index (χ0n) is 18.9. The van der Waals surface area contributed by atoms with Crippen LogP contribution in [0.5, 0.6) is 0 Å². The van der Waals surface area contributed by atoms with E-state index in [0.717, 1.165) is 56.7 Å². The number of likely N-dealkylation sites (tertiary alicyclic amines) is 1. The predicted octanol–water partition coefficient (Wildman–Crippen LogP) is 2.91. The predicted molar refractivity (Wildman–Crippen MR) is 118 cm³/mol. The third-order valence-corrected chi connectivity index (χ3v) is 6.21. The van der Waals surface area contributed by atoms with Gasteiger partial charge in [0.25, 0.3) is 0 Å². The summed E-state index contributed by atoms with van der Waals surface area (Å²) in [4.78, 5) is 29.1. The zero-order valence-corrected chi connectivity index (χ0v) is 18.9. The number of morpholine rings is 1. The smallest absolute Gasteiger partial charge is 0.224 e. The molecule has 1 N–H and O–H groups in total. The molecule has 2 aliphatic rings. The van der Waals surface area contributed by atoms with E-state index >= 15 is 0 Å². The van der Waals surface area contributed by atoms with Crippen LogP contribution >= 0.6 is 0 Å². The number of nitrogens with one attached hydrogen (secondary N) is 1. The summed E-state index contributed by atoms with van der Waals surface area (Å²) in [6.45, 7) is 12.5. The van der Waals surface area contributed by atoms with Crippen LogP contribution in [0, 0.1) is 12.8 Å².